The van der Waals surface area contributed by atoms with Crippen molar-refractivity contribution in [3.8, 4) is 0 Å². The first-order valence-corrected chi connectivity index (χ1v) is 12.0. The van der Waals surface area contributed by atoms with Gasteiger partial charge in [0.15, 0.2) is 0 Å². The van der Waals surface area contributed by atoms with Crippen LogP contribution >= 0.6 is 0 Å². The van der Waals surface area contributed by atoms with E-state index < -0.39 is 36.5 Å². The summed E-state index contributed by atoms with van der Waals surface area (Å²) in [5.41, 5.74) is 6.68. The standard InChI is InChI=1S/C27H39NO7/c1-19-10-6-4-8-12-24(35-27(28)33)23(31)15-14-22(30)11-7-5-9-13-26(32)34-25(17-19)21(3)16-20(2)18-29/h4,6,9-10,13-16,18,21-25,30-31H,5,7-8,11-12,17H2,1-3H3,(H2,28,33)/b6-4?,13-9?,15-14?,19-10?,20-16+/t21-,22+,23+,24+,25-/m1/s1. The maximum absolute atomic E-state index is 12.4. The maximum atomic E-state index is 12.4. The first-order valence-electron chi connectivity index (χ1n) is 12.0. The van der Waals surface area contributed by atoms with Gasteiger partial charge in [-0.2, -0.15) is 0 Å². The van der Waals surface area contributed by atoms with Crippen molar-refractivity contribution in [2.45, 2.75) is 83.7 Å². The predicted molar refractivity (Wildman–Crippen MR) is 134 cm³/mol. The quantitative estimate of drug-likeness (QED) is 0.236. The Morgan fingerprint density at radius 1 is 1.23 bits per heavy atom. The number of hydrogen-bond donors (Lipinski definition) is 3. The largest absolute Gasteiger partial charge is 0.458 e. The first-order chi connectivity index (χ1) is 16.6. The Morgan fingerprint density at radius 2 is 1.97 bits per heavy atom. The van der Waals surface area contributed by atoms with Gasteiger partial charge in [0.2, 0.25) is 0 Å². The number of aliphatic hydroxyl groups excluding tert-OH is 2. The number of aliphatic hydroxyl groups is 2. The predicted octanol–water partition coefficient (Wildman–Crippen LogP) is 3.83. The summed E-state index contributed by atoms with van der Waals surface area (Å²) in [6.45, 7) is 5.53. The average molecular weight is 490 g/mol. The van der Waals surface area contributed by atoms with E-state index in [0.29, 0.717) is 44.1 Å². The highest BCUT2D eigenvalue weighted by molar-refractivity contribution is 5.82. The molecule has 1 aliphatic heterocycles. The van der Waals surface area contributed by atoms with Crippen LogP contribution < -0.4 is 5.73 Å². The Labute approximate surface area is 207 Å². The van der Waals surface area contributed by atoms with E-state index in [0.717, 1.165) is 11.9 Å². The van der Waals surface area contributed by atoms with Crippen molar-refractivity contribution in [3.63, 3.8) is 0 Å². The van der Waals surface area contributed by atoms with Crippen LogP contribution in [0.25, 0.3) is 0 Å². The lowest BCUT2D eigenvalue weighted by atomic mass is 9.96. The number of allylic oxidation sites excluding steroid dienone is 5. The van der Waals surface area contributed by atoms with E-state index in [1.807, 2.05) is 32.1 Å². The van der Waals surface area contributed by atoms with Gasteiger partial charge in [-0.25, -0.2) is 9.59 Å². The summed E-state index contributed by atoms with van der Waals surface area (Å²) in [7, 11) is 0. The molecule has 1 amide bonds. The third kappa shape index (κ3) is 13.5. The minimum atomic E-state index is -1.10. The van der Waals surface area contributed by atoms with E-state index in [4.69, 9.17) is 15.2 Å². The molecule has 194 valence electrons. The first kappa shape index (κ1) is 30.1. The molecule has 0 fully saturated rings. The third-order valence-corrected chi connectivity index (χ3v) is 5.53. The molecule has 0 radical (unpaired) electrons. The molecule has 1 aliphatic rings. The SMILES string of the molecule is CC1=CC=CCC[C@H](OC(N)=O)[C@@H](O)C=C[C@@H](O)CCCC=CC(=O)O[C@@H]([C@H](C)/C=C(\C)C=O)C1. The molecule has 0 unspecified atom stereocenters. The molecule has 1 heterocycles. The van der Waals surface area contributed by atoms with Crippen LogP contribution in [0.5, 0.6) is 0 Å². The summed E-state index contributed by atoms with van der Waals surface area (Å²) < 4.78 is 10.7. The van der Waals surface area contributed by atoms with Gasteiger partial charge in [0, 0.05) is 18.4 Å². The number of rotatable bonds is 4. The van der Waals surface area contributed by atoms with Crippen LogP contribution in [0.2, 0.25) is 0 Å². The van der Waals surface area contributed by atoms with Crippen LogP contribution in [0.4, 0.5) is 4.79 Å². The zero-order valence-corrected chi connectivity index (χ0v) is 20.8. The van der Waals surface area contributed by atoms with Gasteiger partial charge in [0.25, 0.3) is 0 Å². The summed E-state index contributed by atoms with van der Waals surface area (Å²) in [4.78, 5) is 34.6. The highest BCUT2D eigenvalue weighted by Crippen LogP contribution is 2.20. The van der Waals surface area contributed by atoms with Gasteiger partial charge in [-0.05, 0) is 51.5 Å². The van der Waals surface area contributed by atoms with E-state index in [9.17, 15) is 24.6 Å². The summed E-state index contributed by atoms with van der Waals surface area (Å²) in [5, 5.41) is 20.5. The highest BCUT2D eigenvalue weighted by atomic mass is 16.6. The molecule has 35 heavy (non-hydrogen) atoms. The second-order valence-electron chi connectivity index (χ2n) is 8.84. The van der Waals surface area contributed by atoms with Crippen LogP contribution in [0.1, 0.15) is 59.3 Å². The average Bonchev–Trinajstić information content (AvgIpc) is 2.79. The van der Waals surface area contributed by atoms with Crippen molar-refractivity contribution in [1.82, 2.24) is 0 Å². The lowest BCUT2D eigenvalue weighted by Crippen LogP contribution is -2.32. The van der Waals surface area contributed by atoms with Crippen molar-refractivity contribution in [2.24, 2.45) is 11.7 Å². The smallest absolute Gasteiger partial charge is 0.404 e. The van der Waals surface area contributed by atoms with Gasteiger partial charge in [0.05, 0.1) is 6.10 Å². The molecular weight excluding hydrogens is 450 g/mol. The molecule has 4 N–H and O–H groups in total. The van der Waals surface area contributed by atoms with Crippen LogP contribution in [-0.4, -0.2) is 53.0 Å². The van der Waals surface area contributed by atoms with Gasteiger partial charge in [-0.3, -0.25) is 4.79 Å². The number of hydrogen-bond acceptors (Lipinski definition) is 7. The maximum Gasteiger partial charge on any atom is 0.404 e. The number of carbonyl (C=O) groups is 3. The molecule has 0 aromatic rings. The van der Waals surface area contributed by atoms with Crippen molar-refractivity contribution in [1.29, 1.82) is 0 Å². The number of aldehydes is 1. The zero-order chi connectivity index (χ0) is 26.2. The van der Waals surface area contributed by atoms with Gasteiger partial charge >= 0.3 is 12.1 Å². The second-order valence-corrected chi connectivity index (χ2v) is 8.84. The Kier molecular flexibility index (Phi) is 14.3. The zero-order valence-electron chi connectivity index (χ0n) is 20.8. The van der Waals surface area contributed by atoms with Crippen molar-refractivity contribution in [2.75, 3.05) is 0 Å². The van der Waals surface area contributed by atoms with Gasteiger partial charge in [0.1, 0.15) is 24.6 Å². The number of amides is 1. The molecule has 0 saturated heterocycles. The van der Waals surface area contributed by atoms with E-state index in [1.165, 1.54) is 18.2 Å². The van der Waals surface area contributed by atoms with Crippen LogP contribution in [0, 0.1) is 5.92 Å². The number of ether oxygens (including phenoxy) is 2. The Balaban J connectivity index is 3.08. The van der Waals surface area contributed by atoms with Crippen LogP contribution in [0.3, 0.4) is 0 Å². The van der Waals surface area contributed by atoms with Crippen LogP contribution in [0.15, 0.2) is 59.8 Å². The number of nitrogens with two attached hydrogens (primary N) is 1. The topological polar surface area (TPSA) is 136 Å². The molecule has 0 aromatic heterocycles. The fourth-order valence-corrected chi connectivity index (χ4v) is 3.59. The van der Waals surface area contributed by atoms with E-state index in [2.05, 4.69) is 0 Å². The summed E-state index contributed by atoms with van der Waals surface area (Å²) in [6.07, 6.45) is 12.9. The van der Waals surface area contributed by atoms with Crippen molar-refractivity contribution in [3.05, 3.63) is 59.8 Å². The fraction of sp³-hybridized carbons (Fsp3) is 0.519. The molecule has 0 bridgehead atoms. The minimum Gasteiger partial charge on any atom is -0.458 e. The molecule has 0 spiro atoms. The monoisotopic (exact) mass is 489 g/mol. The number of cyclic esters (lactones) is 1. The minimum absolute atomic E-state index is 0.169. The van der Waals surface area contributed by atoms with Gasteiger partial charge in [-0.1, -0.05) is 55.0 Å². The molecule has 0 aromatic carbocycles. The summed E-state index contributed by atoms with van der Waals surface area (Å²) >= 11 is 0. The third-order valence-electron chi connectivity index (χ3n) is 5.53. The lowest BCUT2D eigenvalue weighted by Gasteiger charge is -2.22. The molecule has 8 nitrogen and oxygen atoms in total. The molecule has 0 saturated carbocycles. The summed E-state index contributed by atoms with van der Waals surface area (Å²) in [5.74, 6) is -0.626. The second kappa shape index (κ2) is 16.6. The molecule has 0 aliphatic carbocycles. The van der Waals surface area contributed by atoms with Gasteiger partial charge in [-0.15, -0.1) is 0 Å². The van der Waals surface area contributed by atoms with Crippen molar-refractivity contribution >= 4 is 18.3 Å². The van der Waals surface area contributed by atoms with Gasteiger partial charge < -0.3 is 25.4 Å². The van der Waals surface area contributed by atoms with Crippen LogP contribution in [-0.2, 0) is 19.1 Å². The Bertz CT molecular complexity index is 840. The molecule has 1 rings (SSSR count). The number of esters is 1. The fourth-order valence-electron chi connectivity index (χ4n) is 3.59. The number of carbonyl (C=O) groups excluding carboxylic acids is 3. The number of primary amides is 1. The highest BCUT2D eigenvalue weighted by Gasteiger charge is 2.21. The molecular formula is C27H39NO7. The summed E-state index contributed by atoms with van der Waals surface area (Å²) in [6, 6.07) is 0. The van der Waals surface area contributed by atoms with E-state index in [-0.39, 0.29) is 5.92 Å². The lowest BCUT2D eigenvalue weighted by molar-refractivity contribution is -0.144. The molecule has 5 atom stereocenters. The van der Waals surface area contributed by atoms with E-state index in [1.54, 1.807) is 19.1 Å². The normalized spacial score (nSPS) is 26.8. The van der Waals surface area contributed by atoms with E-state index >= 15 is 0 Å². The Morgan fingerprint density at radius 3 is 2.66 bits per heavy atom. The van der Waals surface area contributed by atoms with Crippen molar-refractivity contribution < 1.29 is 34.1 Å². The Hall–Kier alpha value is -2.97. The molecule has 8 heteroatoms.